The summed E-state index contributed by atoms with van der Waals surface area (Å²) in [6.07, 6.45) is 2.25. The van der Waals surface area contributed by atoms with Crippen molar-refractivity contribution < 1.29 is 4.74 Å². The second kappa shape index (κ2) is 8.98. The fourth-order valence-corrected chi connectivity index (χ4v) is 3.29. The van der Waals surface area contributed by atoms with Crippen LogP contribution >= 0.6 is 11.3 Å². The summed E-state index contributed by atoms with van der Waals surface area (Å²) in [5.74, 6) is 0. The Kier molecular flexibility index (Phi) is 6.93. The van der Waals surface area contributed by atoms with Gasteiger partial charge in [0.25, 0.3) is 0 Å². The van der Waals surface area contributed by atoms with Gasteiger partial charge in [-0.05, 0) is 43.3 Å². The average Bonchev–Trinajstić information content (AvgIpc) is 3.03. The van der Waals surface area contributed by atoms with Crippen molar-refractivity contribution in [3.8, 4) is 0 Å². The molecule has 21 heavy (non-hydrogen) atoms. The molecule has 0 bridgehead atoms. The molecule has 2 atom stereocenters. The van der Waals surface area contributed by atoms with E-state index in [0.717, 1.165) is 26.0 Å². The summed E-state index contributed by atoms with van der Waals surface area (Å²) < 4.78 is 6.08. The van der Waals surface area contributed by atoms with Gasteiger partial charge in [-0.25, -0.2) is 0 Å². The first kappa shape index (κ1) is 16.2. The highest BCUT2D eigenvalue weighted by atomic mass is 32.1. The lowest BCUT2D eigenvalue weighted by atomic mass is 9.98. The van der Waals surface area contributed by atoms with Crippen LogP contribution in [0.2, 0.25) is 0 Å². The number of benzene rings is 1. The Labute approximate surface area is 132 Å². The van der Waals surface area contributed by atoms with Crippen LogP contribution in [-0.4, -0.2) is 19.2 Å². The van der Waals surface area contributed by atoms with Gasteiger partial charge in [0.15, 0.2) is 0 Å². The van der Waals surface area contributed by atoms with E-state index in [-0.39, 0.29) is 6.10 Å². The summed E-state index contributed by atoms with van der Waals surface area (Å²) in [5.41, 5.74) is 1.25. The highest BCUT2D eigenvalue weighted by Crippen LogP contribution is 2.25. The number of nitrogens with one attached hydrogen (secondary N) is 1. The smallest absolute Gasteiger partial charge is 0.0981 e. The first-order valence-electron chi connectivity index (χ1n) is 7.77. The molecule has 2 aromatic rings. The predicted molar refractivity (Wildman–Crippen MR) is 90.9 cm³/mol. The highest BCUT2D eigenvalue weighted by molar-refractivity contribution is 7.09. The second-order valence-corrected chi connectivity index (χ2v) is 6.16. The van der Waals surface area contributed by atoms with E-state index in [9.17, 15) is 0 Å². The summed E-state index contributed by atoms with van der Waals surface area (Å²) >= 11 is 1.82. The molecule has 2 nitrogen and oxygen atoms in total. The zero-order valence-corrected chi connectivity index (χ0v) is 13.7. The first-order valence-corrected chi connectivity index (χ1v) is 8.65. The minimum atomic E-state index is 0.102. The van der Waals surface area contributed by atoms with E-state index in [4.69, 9.17) is 4.74 Å². The van der Waals surface area contributed by atoms with E-state index >= 15 is 0 Å². The van der Waals surface area contributed by atoms with Gasteiger partial charge in [0.05, 0.1) is 6.10 Å². The molecule has 1 heterocycles. The van der Waals surface area contributed by atoms with Crippen LogP contribution in [0.3, 0.4) is 0 Å². The van der Waals surface area contributed by atoms with Crippen LogP contribution < -0.4 is 5.32 Å². The van der Waals surface area contributed by atoms with E-state index in [1.54, 1.807) is 0 Å². The number of thiophene rings is 1. The van der Waals surface area contributed by atoms with Crippen LogP contribution in [0, 0.1) is 0 Å². The Morgan fingerprint density at radius 2 is 1.90 bits per heavy atom. The number of hydrogen-bond donors (Lipinski definition) is 1. The molecule has 0 aliphatic carbocycles. The van der Waals surface area contributed by atoms with Crippen molar-refractivity contribution >= 4 is 11.3 Å². The second-order valence-electron chi connectivity index (χ2n) is 5.13. The van der Waals surface area contributed by atoms with E-state index < -0.39 is 0 Å². The minimum Gasteiger partial charge on any atom is -0.372 e. The molecule has 1 aromatic heterocycles. The van der Waals surface area contributed by atoms with Crippen LogP contribution in [0.1, 0.15) is 36.8 Å². The zero-order chi connectivity index (χ0) is 14.9. The Balaban J connectivity index is 2.17. The van der Waals surface area contributed by atoms with Crippen LogP contribution in [-0.2, 0) is 11.2 Å². The quantitative estimate of drug-likeness (QED) is 0.739. The molecule has 3 heteroatoms. The SMILES string of the molecule is CCCNC(Cc1cccs1)C(OCC)c1ccccc1. The van der Waals surface area contributed by atoms with E-state index in [1.165, 1.54) is 10.4 Å². The van der Waals surface area contributed by atoms with E-state index in [0.29, 0.717) is 6.04 Å². The van der Waals surface area contributed by atoms with Gasteiger partial charge in [-0.3, -0.25) is 0 Å². The van der Waals surface area contributed by atoms with Gasteiger partial charge in [-0.15, -0.1) is 11.3 Å². The van der Waals surface area contributed by atoms with Gasteiger partial charge >= 0.3 is 0 Å². The average molecular weight is 303 g/mol. The van der Waals surface area contributed by atoms with Crippen molar-refractivity contribution in [1.82, 2.24) is 5.32 Å². The van der Waals surface area contributed by atoms with Crippen molar-refractivity contribution in [2.45, 2.75) is 38.8 Å². The largest absolute Gasteiger partial charge is 0.372 e. The number of ether oxygens (including phenoxy) is 1. The zero-order valence-electron chi connectivity index (χ0n) is 12.9. The number of rotatable bonds is 9. The summed E-state index contributed by atoms with van der Waals surface area (Å²) in [4.78, 5) is 1.41. The summed E-state index contributed by atoms with van der Waals surface area (Å²) in [6, 6.07) is 15.2. The molecule has 2 unspecified atom stereocenters. The molecule has 1 N–H and O–H groups in total. The molecule has 0 spiro atoms. The van der Waals surface area contributed by atoms with Crippen molar-refractivity contribution in [2.24, 2.45) is 0 Å². The van der Waals surface area contributed by atoms with Crippen LogP contribution in [0.4, 0.5) is 0 Å². The summed E-state index contributed by atoms with van der Waals surface area (Å²) in [5, 5.41) is 5.82. The van der Waals surface area contributed by atoms with Crippen molar-refractivity contribution in [3.05, 3.63) is 58.3 Å². The lowest BCUT2D eigenvalue weighted by Crippen LogP contribution is -2.38. The van der Waals surface area contributed by atoms with Gasteiger partial charge in [0.2, 0.25) is 0 Å². The lowest BCUT2D eigenvalue weighted by Gasteiger charge is -2.28. The molecule has 0 saturated carbocycles. The minimum absolute atomic E-state index is 0.102. The maximum absolute atomic E-state index is 6.08. The monoisotopic (exact) mass is 303 g/mol. The molecule has 0 fully saturated rings. The first-order chi connectivity index (χ1) is 10.3. The van der Waals surface area contributed by atoms with Crippen molar-refractivity contribution in [2.75, 3.05) is 13.2 Å². The van der Waals surface area contributed by atoms with E-state index in [1.807, 2.05) is 11.3 Å². The Morgan fingerprint density at radius 1 is 1.10 bits per heavy atom. The summed E-state index contributed by atoms with van der Waals surface area (Å²) in [6.45, 7) is 6.02. The van der Waals surface area contributed by atoms with Gasteiger partial charge in [-0.2, -0.15) is 0 Å². The van der Waals surface area contributed by atoms with Gasteiger partial charge in [-0.1, -0.05) is 43.3 Å². The molecule has 0 saturated heterocycles. The third kappa shape index (κ3) is 4.95. The van der Waals surface area contributed by atoms with Gasteiger partial charge < -0.3 is 10.1 Å². The highest BCUT2D eigenvalue weighted by Gasteiger charge is 2.23. The Hall–Kier alpha value is -1.16. The summed E-state index contributed by atoms with van der Waals surface area (Å²) in [7, 11) is 0. The van der Waals surface area contributed by atoms with Gasteiger partial charge in [0, 0.05) is 17.5 Å². The van der Waals surface area contributed by atoms with Gasteiger partial charge in [0.1, 0.15) is 0 Å². The molecule has 114 valence electrons. The molecule has 0 aliphatic rings. The maximum Gasteiger partial charge on any atom is 0.0981 e. The molecule has 0 radical (unpaired) electrons. The van der Waals surface area contributed by atoms with Crippen LogP contribution in [0.5, 0.6) is 0 Å². The predicted octanol–water partition coefficient (Wildman–Crippen LogP) is 4.44. The Bertz CT molecular complexity index is 483. The molecule has 1 aromatic carbocycles. The lowest BCUT2D eigenvalue weighted by molar-refractivity contribution is 0.0334. The van der Waals surface area contributed by atoms with E-state index in [2.05, 4.69) is 67.0 Å². The molecular formula is C18H25NOS. The molecule has 0 aliphatic heterocycles. The van der Waals surface area contributed by atoms with Crippen molar-refractivity contribution in [1.29, 1.82) is 0 Å². The third-order valence-electron chi connectivity index (χ3n) is 3.50. The molecule has 0 amide bonds. The fourth-order valence-electron chi connectivity index (χ4n) is 2.53. The Morgan fingerprint density at radius 3 is 2.52 bits per heavy atom. The normalized spacial score (nSPS) is 14.0. The molecular weight excluding hydrogens is 278 g/mol. The van der Waals surface area contributed by atoms with Crippen LogP contribution in [0.25, 0.3) is 0 Å². The van der Waals surface area contributed by atoms with Crippen LogP contribution in [0.15, 0.2) is 47.8 Å². The fraction of sp³-hybridized carbons (Fsp3) is 0.444. The maximum atomic E-state index is 6.08. The topological polar surface area (TPSA) is 21.3 Å². The standard InChI is InChI=1S/C18H25NOS/c1-3-12-19-17(14-16-11-8-13-21-16)18(20-4-2)15-9-6-5-7-10-15/h5-11,13,17-19H,3-4,12,14H2,1-2H3. The third-order valence-corrected chi connectivity index (χ3v) is 4.40. The number of hydrogen-bond acceptors (Lipinski definition) is 3. The molecule has 2 rings (SSSR count). The van der Waals surface area contributed by atoms with Crippen molar-refractivity contribution in [3.63, 3.8) is 0 Å².